The Hall–Kier alpha value is -2.21. The standard InChI is InChI=1S/C15H15N3O2S/c1-10-5-6-14(19)18(10)12-4-2-3-11(7-12)17-15(20)13-8-16-9-21-13/h2-4,7-10H,5-6H2,1H3,(H,17,20). The summed E-state index contributed by atoms with van der Waals surface area (Å²) in [5, 5.41) is 2.83. The molecule has 2 amide bonds. The van der Waals surface area contributed by atoms with E-state index in [-0.39, 0.29) is 17.9 Å². The van der Waals surface area contributed by atoms with Gasteiger partial charge in [-0.2, -0.15) is 0 Å². The SMILES string of the molecule is CC1CCC(=O)N1c1cccc(NC(=O)c2cncs2)c1. The quantitative estimate of drug-likeness (QED) is 0.948. The van der Waals surface area contributed by atoms with E-state index in [4.69, 9.17) is 0 Å². The molecule has 3 rings (SSSR count). The first kappa shape index (κ1) is 13.8. The van der Waals surface area contributed by atoms with E-state index in [1.165, 1.54) is 17.5 Å². The maximum absolute atomic E-state index is 12.0. The Kier molecular flexibility index (Phi) is 3.70. The highest BCUT2D eigenvalue weighted by Crippen LogP contribution is 2.28. The van der Waals surface area contributed by atoms with E-state index in [9.17, 15) is 9.59 Å². The van der Waals surface area contributed by atoms with E-state index in [1.54, 1.807) is 10.4 Å². The van der Waals surface area contributed by atoms with E-state index in [0.29, 0.717) is 17.0 Å². The van der Waals surface area contributed by atoms with Crippen molar-refractivity contribution >= 4 is 34.5 Å². The minimum Gasteiger partial charge on any atom is -0.321 e. The van der Waals surface area contributed by atoms with Gasteiger partial charge >= 0.3 is 0 Å². The van der Waals surface area contributed by atoms with Crippen molar-refractivity contribution in [1.29, 1.82) is 0 Å². The lowest BCUT2D eigenvalue weighted by Crippen LogP contribution is -2.30. The molecule has 1 aliphatic heterocycles. The van der Waals surface area contributed by atoms with Crippen LogP contribution in [0.25, 0.3) is 0 Å². The van der Waals surface area contributed by atoms with Crippen LogP contribution in [-0.2, 0) is 4.79 Å². The van der Waals surface area contributed by atoms with Gasteiger partial charge in [-0.15, -0.1) is 11.3 Å². The fraction of sp³-hybridized carbons (Fsp3) is 0.267. The van der Waals surface area contributed by atoms with Gasteiger partial charge in [-0.3, -0.25) is 14.6 Å². The topological polar surface area (TPSA) is 62.3 Å². The van der Waals surface area contributed by atoms with Gasteiger partial charge in [0.05, 0.1) is 11.7 Å². The number of aromatic nitrogens is 1. The first-order valence-electron chi connectivity index (χ1n) is 6.77. The molecular formula is C15H15N3O2S. The molecule has 0 spiro atoms. The monoisotopic (exact) mass is 301 g/mol. The summed E-state index contributed by atoms with van der Waals surface area (Å²) in [6, 6.07) is 7.58. The van der Waals surface area contributed by atoms with Crippen molar-refractivity contribution in [3.8, 4) is 0 Å². The van der Waals surface area contributed by atoms with Crippen LogP contribution < -0.4 is 10.2 Å². The normalized spacial score (nSPS) is 18.0. The second-order valence-corrected chi connectivity index (χ2v) is 5.91. The lowest BCUT2D eigenvalue weighted by molar-refractivity contribution is -0.117. The number of amides is 2. The van der Waals surface area contributed by atoms with Gasteiger partial charge in [0.2, 0.25) is 5.91 Å². The predicted molar refractivity (Wildman–Crippen MR) is 82.7 cm³/mol. The smallest absolute Gasteiger partial charge is 0.267 e. The molecule has 1 N–H and O–H groups in total. The largest absolute Gasteiger partial charge is 0.321 e. The van der Waals surface area contributed by atoms with Crippen LogP contribution in [0.1, 0.15) is 29.4 Å². The van der Waals surface area contributed by atoms with Crippen LogP contribution in [0.2, 0.25) is 0 Å². The Bertz CT molecular complexity index is 669. The van der Waals surface area contributed by atoms with Crippen LogP contribution in [-0.4, -0.2) is 22.8 Å². The Morgan fingerprint density at radius 2 is 2.33 bits per heavy atom. The molecule has 5 nitrogen and oxygen atoms in total. The molecule has 0 aliphatic carbocycles. The van der Waals surface area contributed by atoms with Crippen molar-refractivity contribution in [2.24, 2.45) is 0 Å². The first-order valence-corrected chi connectivity index (χ1v) is 7.65. The molecule has 21 heavy (non-hydrogen) atoms. The zero-order valence-electron chi connectivity index (χ0n) is 11.6. The third-order valence-corrected chi connectivity index (χ3v) is 4.30. The molecule has 1 aromatic heterocycles. The average molecular weight is 301 g/mol. The number of nitrogens with zero attached hydrogens (tertiary/aromatic N) is 2. The highest BCUT2D eigenvalue weighted by atomic mass is 32.1. The van der Waals surface area contributed by atoms with Crippen LogP contribution in [0.3, 0.4) is 0 Å². The summed E-state index contributed by atoms with van der Waals surface area (Å²) in [5.41, 5.74) is 3.13. The molecule has 2 heterocycles. The van der Waals surface area contributed by atoms with Crippen molar-refractivity contribution in [2.45, 2.75) is 25.8 Å². The van der Waals surface area contributed by atoms with Crippen molar-refractivity contribution < 1.29 is 9.59 Å². The maximum Gasteiger partial charge on any atom is 0.267 e. The van der Waals surface area contributed by atoms with E-state index in [1.807, 2.05) is 31.2 Å². The summed E-state index contributed by atoms with van der Waals surface area (Å²) < 4.78 is 0. The zero-order valence-corrected chi connectivity index (χ0v) is 12.4. The first-order chi connectivity index (χ1) is 10.1. The molecule has 108 valence electrons. The number of benzene rings is 1. The van der Waals surface area contributed by atoms with Gasteiger partial charge in [-0.25, -0.2) is 0 Å². The molecule has 0 radical (unpaired) electrons. The molecule has 1 aromatic carbocycles. The average Bonchev–Trinajstić information content (AvgIpc) is 3.09. The van der Waals surface area contributed by atoms with Crippen LogP contribution in [0.5, 0.6) is 0 Å². The zero-order chi connectivity index (χ0) is 14.8. The number of nitrogens with one attached hydrogen (secondary N) is 1. The van der Waals surface area contributed by atoms with Gasteiger partial charge in [0.25, 0.3) is 5.91 Å². The van der Waals surface area contributed by atoms with E-state index in [0.717, 1.165) is 12.1 Å². The summed E-state index contributed by atoms with van der Waals surface area (Å²) in [6.45, 7) is 2.04. The summed E-state index contributed by atoms with van der Waals surface area (Å²) in [5.74, 6) is -0.0520. The van der Waals surface area contributed by atoms with Crippen molar-refractivity contribution in [3.63, 3.8) is 0 Å². The molecule has 1 aliphatic rings. The van der Waals surface area contributed by atoms with Gasteiger partial charge < -0.3 is 10.2 Å². The van der Waals surface area contributed by atoms with Crippen molar-refractivity contribution in [1.82, 2.24) is 4.98 Å². The van der Waals surface area contributed by atoms with Gasteiger partial charge in [-0.1, -0.05) is 6.07 Å². The summed E-state index contributed by atoms with van der Waals surface area (Å²) in [4.78, 5) is 30.2. The van der Waals surface area contributed by atoms with Crippen LogP contribution in [0.15, 0.2) is 36.0 Å². The van der Waals surface area contributed by atoms with Gasteiger partial charge in [-0.05, 0) is 31.5 Å². The van der Waals surface area contributed by atoms with Gasteiger partial charge in [0, 0.05) is 23.8 Å². The predicted octanol–water partition coefficient (Wildman–Crippen LogP) is 2.91. The fourth-order valence-electron chi connectivity index (χ4n) is 2.48. The second kappa shape index (κ2) is 5.65. The minimum atomic E-state index is -0.185. The van der Waals surface area contributed by atoms with E-state index >= 15 is 0 Å². The van der Waals surface area contributed by atoms with Crippen LogP contribution in [0, 0.1) is 0 Å². The highest BCUT2D eigenvalue weighted by molar-refractivity contribution is 7.11. The molecule has 6 heteroatoms. The molecule has 1 saturated heterocycles. The second-order valence-electron chi connectivity index (χ2n) is 5.02. The number of thiazole rings is 1. The fourth-order valence-corrected chi connectivity index (χ4v) is 3.00. The van der Waals surface area contributed by atoms with Crippen molar-refractivity contribution in [2.75, 3.05) is 10.2 Å². The molecule has 0 bridgehead atoms. The van der Waals surface area contributed by atoms with E-state index < -0.39 is 0 Å². The molecule has 1 atom stereocenters. The van der Waals surface area contributed by atoms with Crippen LogP contribution in [0.4, 0.5) is 11.4 Å². The molecule has 0 saturated carbocycles. The number of anilines is 2. The molecule has 1 fully saturated rings. The highest BCUT2D eigenvalue weighted by Gasteiger charge is 2.28. The Morgan fingerprint density at radius 3 is 3.00 bits per heavy atom. The number of carbonyl (C=O) groups excluding carboxylic acids is 2. The lowest BCUT2D eigenvalue weighted by atomic mass is 10.2. The van der Waals surface area contributed by atoms with E-state index in [2.05, 4.69) is 10.3 Å². The van der Waals surface area contributed by atoms with Crippen LogP contribution >= 0.6 is 11.3 Å². The Morgan fingerprint density at radius 1 is 1.48 bits per heavy atom. The third-order valence-electron chi connectivity index (χ3n) is 3.52. The Labute approximate surface area is 126 Å². The molecule has 1 unspecified atom stereocenters. The number of hydrogen-bond donors (Lipinski definition) is 1. The maximum atomic E-state index is 12.0. The number of hydrogen-bond acceptors (Lipinski definition) is 4. The van der Waals surface area contributed by atoms with Gasteiger partial charge in [0.1, 0.15) is 4.88 Å². The lowest BCUT2D eigenvalue weighted by Gasteiger charge is -2.22. The summed E-state index contributed by atoms with van der Waals surface area (Å²) in [7, 11) is 0. The summed E-state index contributed by atoms with van der Waals surface area (Å²) >= 11 is 1.29. The number of carbonyl (C=O) groups is 2. The summed E-state index contributed by atoms with van der Waals surface area (Å²) in [6.07, 6.45) is 2.99. The van der Waals surface area contributed by atoms with Crippen molar-refractivity contribution in [3.05, 3.63) is 40.8 Å². The number of rotatable bonds is 3. The third kappa shape index (κ3) is 2.80. The Balaban J connectivity index is 1.80. The molecular weight excluding hydrogens is 286 g/mol. The minimum absolute atomic E-state index is 0.133. The van der Waals surface area contributed by atoms with Gasteiger partial charge in [0.15, 0.2) is 0 Å². The molecule has 2 aromatic rings.